The maximum absolute atomic E-state index is 5.86. The lowest BCUT2D eigenvalue weighted by Gasteiger charge is -2.35. The number of hydrogen-bond acceptors (Lipinski definition) is 4. The van der Waals surface area contributed by atoms with Crippen molar-refractivity contribution < 1.29 is 0 Å². The average molecular weight is 248 g/mol. The zero-order valence-electron chi connectivity index (χ0n) is 11.5. The molecule has 0 aliphatic carbocycles. The number of hydrogen-bond donors (Lipinski definition) is 1. The number of anilines is 1. The van der Waals surface area contributed by atoms with E-state index in [4.69, 9.17) is 10.7 Å². The fourth-order valence-corrected chi connectivity index (χ4v) is 2.49. The molecule has 0 aromatic carbocycles. The van der Waals surface area contributed by atoms with Crippen LogP contribution in [0.25, 0.3) is 0 Å². The molecule has 4 heteroatoms. The van der Waals surface area contributed by atoms with Crippen LogP contribution in [0.5, 0.6) is 0 Å². The second-order valence-electron chi connectivity index (χ2n) is 5.17. The zero-order valence-corrected chi connectivity index (χ0v) is 11.5. The van der Waals surface area contributed by atoms with E-state index >= 15 is 0 Å². The molecular weight excluding hydrogens is 224 g/mol. The zero-order chi connectivity index (χ0) is 13.0. The maximum Gasteiger partial charge on any atom is 0.225 e. The third-order valence-electron chi connectivity index (χ3n) is 3.94. The summed E-state index contributed by atoms with van der Waals surface area (Å²) in [6.45, 7) is 6.13. The molecule has 4 nitrogen and oxygen atoms in total. The Morgan fingerprint density at radius 3 is 3.06 bits per heavy atom. The van der Waals surface area contributed by atoms with Crippen molar-refractivity contribution in [1.29, 1.82) is 0 Å². The van der Waals surface area contributed by atoms with Crippen LogP contribution in [0.3, 0.4) is 0 Å². The van der Waals surface area contributed by atoms with Gasteiger partial charge < -0.3 is 10.6 Å². The molecule has 2 rings (SSSR count). The van der Waals surface area contributed by atoms with Crippen molar-refractivity contribution in [3.05, 3.63) is 18.0 Å². The molecule has 1 aliphatic heterocycles. The van der Waals surface area contributed by atoms with E-state index in [0.717, 1.165) is 31.0 Å². The van der Waals surface area contributed by atoms with Crippen LogP contribution in [0.2, 0.25) is 0 Å². The van der Waals surface area contributed by atoms with E-state index in [-0.39, 0.29) is 0 Å². The number of piperidine rings is 1. The molecule has 2 N–H and O–H groups in total. The maximum atomic E-state index is 5.86. The predicted molar refractivity (Wildman–Crippen MR) is 74.8 cm³/mol. The summed E-state index contributed by atoms with van der Waals surface area (Å²) in [5.41, 5.74) is 7.00. The van der Waals surface area contributed by atoms with E-state index in [1.807, 2.05) is 12.3 Å². The molecule has 100 valence electrons. The minimum atomic E-state index is 0.408. The van der Waals surface area contributed by atoms with Gasteiger partial charge in [0.05, 0.1) is 0 Å². The molecule has 0 amide bonds. The quantitative estimate of drug-likeness (QED) is 0.888. The molecule has 1 aromatic heterocycles. The molecular formula is C14H24N4. The predicted octanol–water partition coefficient (Wildman–Crippen LogP) is 2.31. The lowest BCUT2D eigenvalue weighted by Crippen LogP contribution is -2.45. The first-order valence-corrected chi connectivity index (χ1v) is 7.06. The van der Waals surface area contributed by atoms with Gasteiger partial charge in [-0.15, -0.1) is 0 Å². The molecule has 0 saturated carbocycles. The molecule has 0 radical (unpaired) electrons. The van der Waals surface area contributed by atoms with Crippen LogP contribution < -0.4 is 10.6 Å². The van der Waals surface area contributed by atoms with Crippen LogP contribution in [0.4, 0.5) is 5.95 Å². The van der Waals surface area contributed by atoms with Gasteiger partial charge in [0.15, 0.2) is 0 Å². The normalized spacial score (nSPS) is 21.9. The van der Waals surface area contributed by atoms with Gasteiger partial charge in [0.1, 0.15) is 0 Å². The first-order valence-electron chi connectivity index (χ1n) is 7.06. The van der Waals surface area contributed by atoms with E-state index in [2.05, 4.69) is 23.7 Å². The highest BCUT2D eigenvalue weighted by Crippen LogP contribution is 2.23. The summed E-state index contributed by atoms with van der Waals surface area (Å²) in [6.07, 6.45) is 6.63. The molecule has 2 unspecified atom stereocenters. The summed E-state index contributed by atoms with van der Waals surface area (Å²) in [5.74, 6) is 1.36. The standard InChI is InChI=1S/C14H24N4/c1-3-11(2)13-7-8-16-14(17-13)18-9-5-4-6-12(18)10-15/h7-8,11-12H,3-6,9-10,15H2,1-2H3. The van der Waals surface area contributed by atoms with Crippen LogP contribution >= 0.6 is 0 Å². The Morgan fingerprint density at radius 2 is 2.33 bits per heavy atom. The van der Waals surface area contributed by atoms with Crippen molar-refractivity contribution in [2.24, 2.45) is 5.73 Å². The van der Waals surface area contributed by atoms with Crippen molar-refractivity contribution >= 4 is 5.95 Å². The highest BCUT2D eigenvalue weighted by atomic mass is 15.3. The molecule has 1 aliphatic rings. The topological polar surface area (TPSA) is 55.0 Å². The van der Waals surface area contributed by atoms with Crippen LogP contribution in [-0.4, -0.2) is 29.1 Å². The SMILES string of the molecule is CCC(C)c1ccnc(N2CCCCC2CN)n1. The molecule has 2 atom stereocenters. The van der Waals surface area contributed by atoms with Gasteiger partial charge >= 0.3 is 0 Å². The van der Waals surface area contributed by atoms with Gasteiger partial charge in [-0.05, 0) is 37.7 Å². The van der Waals surface area contributed by atoms with Crippen LogP contribution in [0, 0.1) is 0 Å². The van der Waals surface area contributed by atoms with Gasteiger partial charge in [-0.3, -0.25) is 0 Å². The molecule has 0 spiro atoms. The highest BCUT2D eigenvalue weighted by Gasteiger charge is 2.23. The van der Waals surface area contributed by atoms with E-state index in [1.54, 1.807) is 0 Å². The summed E-state index contributed by atoms with van der Waals surface area (Å²) in [6, 6.07) is 2.44. The Morgan fingerprint density at radius 1 is 1.50 bits per heavy atom. The van der Waals surface area contributed by atoms with Crippen LogP contribution in [0.15, 0.2) is 12.3 Å². The van der Waals surface area contributed by atoms with E-state index in [9.17, 15) is 0 Å². The highest BCUT2D eigenvalue weighted by molar-refractivity contribution is 5.33. The van der Waals surface area contributed by atoms with E-state index < -0.39 is 0 Å². The largest absolute Gasteiger partial charge is 0.337 e. The molecule has 1 saturated heterocycles. The lowest BCUT2D eigenvalue weighted by molar-refractivity contribution is 0.457. The number of rotatable bonds is 4. The van der Waals surface area contributed by atoms with Gasteiger partial charge in [-0.2, -0.15) is 0 Å². The number of aromatic nitrogens is 2. The van der Waals surface area contributed by atoms with Gasteiger partial charge in [-0.25, -0.2) is 9.97 Å². The summed E-state index contributed by atoms with van der Waals surface area (Å²) < 4.78 is 0. The Bertz CT molecular complexity index is 380. The van der Waals surface area contributed by atoms with Crippen molar-refractivity contribution in [2.45, 2.75) is 51.5 Å². The molecule has 1 fully saturated rings. The Labute approximate surface area is 110 Å². The number of nitrogens with two attached hydrogens (primary N) is 1. The van der Waals surface area contributed by atoms with Crippen molar-refractivity contribution in [1.82, 2.24) is 9.97 Å². The summed E-state index contributed by atoms with van der Waals surface area (Å²) in [5, 5.41) is 0. The first kappa shape index (κ1) is 13.3. The van der Waals surface area contributed by atoms with Crippen molar-refractivity contribution in [3.63, 3.8) is 0 Å². The summed E-state index contributed by atoms with van der Waals surface area (Å²) >= 11 is 0. The first-order chi connectivity index (χ1) is 8.76. The minimum absolute atomic E-state index is 0.408. The average Bonchev–Trinajstić information content (AvgIpc) is 2.46. The molecule has 1 aromatic rings. The van der Waals surface area contributed by atoms with Crippen molar-refractivity contribution in [3.8, 4) is 0 Å². The number of nitrogens with zero attached hydrogens (tertiary/aromatic N) is 3. The monoisotopic (exact) mass is 248 g/mol. The van der Waals surface area contributed by atoms with Crippen LogP contribution in [0.1, 0.15) is 51.1 Å². The minimum Gasteiger partial charge on any atom is -0.337 e. The van der Waals surface area contributed by atoms with Gasteiger partial charge in [-0.1, -0.05) is 13.8 Å². The fraction of sp³-hybridized carbons (Fsp3) is 0.714. The smallest absolute Gasteiger partial charge is 0.225 e. The lowest BCUT2D eigenvalue weighted by atomic mass is 10.0. The molecule has 0 bridgehead atoms. The fourth-order valence-electron chi connectivity index (χ4n) is 2.49. The Hall–Kier alpha value is -1.16. The summed E-state index contributed by atoms with van der Waals surface area (Å²) in [7, 11) is 0. The van der Waals surface area contributed by atoms with E-state index in [1.165, 1.54) is 12.8 Å². The van der Waals surface area contributed by atoms with Crippen LogP contribution in [-0.2, 0) is 0 Å². The molecule has 18 heavy (non-hydrogen) atoms. The second kappa shape index (κ2) is 6.14. The van der Waals surface area contributed by atoms with Gasteiger partial charge in [0, 0.05) is 31.0 Å². The van der Waals surface area contributed by atoms with E-state index in [0.29, 0.717) is 18.5 Å². The second-order valence-corrected chi connectivity index (χ2v) is 5.17. The third-order valence-corrected chi connectivity index (χ3v) is 3.94. The van der Waals surface area contributed by atoms with Gasteiger partial charge in [0.25, 0.3) is 0 Å². The summed E-state index contributed by atoms with van der Waals surface area (Å²) in [4.78, 5) is 11.4. The van der Waals surface area contributed by atoms with Crippen molar-refractivity contribution in [2.75, 3.05) is 18.0 Å². The molecule has 2 heterocycles. The van der Waals surface area contributed by atoms with Gasteiger partial charge in [0.2, 0.25) is 5.95 Å². The third kappa shape index (κ3) is 2.80. The Kier molecular flexibility index (Phi) is 4.53. The Balaban J connectivity index is 2.21.